The predicted octanol–water partition coefficient (Wildman–Crippen LogP) is 1.71. The lowest BCUT2D eigenvalue weighted by atomic mass is 9.81. The summed E-state index contributed by atoms with van der Waals surface area (Å²) < 4.78 is 0. The third-order valence-electron chi connectivity index (χ3n) is 3.96. The van der Waals surface area contributed by atoms with E-state index < -0.39 is 0 Å². The number of nitrogens with two attached hydrogens (primary N) is 2. The molecule has 16 heavy (non-hydrogen) atoms. The Morgan fingerprint density at radius 1 is 0.938 bits per heavy atom. The monoisotopic (exact) mass is 227 g/mol. The molecule has 0 aliphatic heterocycles. The molecule has 1 aliphatic rings. The van der Waals surface area contributed by atoms with E-state index in [0.717, 1.165) is 39.0 Å². The number of nitrogens with zero attached hydrogens (tertiary/aromatic N) is 1. The molecule has 0 saturated heterocycles. The molecule has 4 N–H and O–H groups in total. The SMILES string of the molecule is CC1(N(CCCN)CCCN)CCCCC1. The maximum Gasteiger partial charge on any atom is 0.0181 e. The van der Waals surface area contributed by atoms with Gasteiger partial charge in [0.25, 0.3) is 0 Å². The van der Waals surface area contributed by atoms with Crippen molar-refractivity contribution in [2.45, 2.75) is 57.4 Å². The van der Waals surface area contributed by atoms with Crippen molar-refractivity contribution in [2.75, 3.05) is 26.2 Å². The molecule has 0 atom stereocenters. The Labute approximate surface area is 101 Å². The third-order valence-corrected chi connectivity index (χ3v) is 3.96. The second kappa shape index (κ2) is 7.25. The Hall–Kier alpha value is -0.120. The summed E-state index contributed by atoms with van der Waals surface area (Å²) >= 11 is 0. The van der Waals surface area contributed by atoms with E-state index in [1.54, 1.807) is 0 Å². The zero-order valence-corrected chi connectivity index (χ0v) is 10.9. The van der Waals surface area contributed by atoms with Gasteiger partial charge in [0.1, 0.15) is 0 Å². The molecule has 3 heteroatoms. The van der Waals surface area contributed by atoms with Crippen LogP contribution in [0.2, 0.25) is 0 Å². The van der Waals surface area contributed by atoms with E-state index in [0.29, 0.717) is 5.54 Å². The van der Waals surface area contributed by atoms with Crippen LogP contribution in [0.5, 0.6) is 0 Å². The topological polar surface area (TPSA) is 55.3 Å². The van der Waals surface area contributed by atoms with E-state index in [1.165, 1.54) is 32.1 Å². The Morgan fingerprint density at radius 3 is 1.88 bits per heavy atom. The molecule has 0 radical (unpaired) electrons. The molecule has 0 spiro atoms. The van der Waals surface area contributed by atoms with Crippen molar-refractivity contribution in [1.82, 2.24) is 4.90 Å². The maximum absolute atomic E-state index is 5.63. The normalized spacial score (nSPS) is 20.2. The lowest BCUT2D eigenvalue weighted by molar-refractivity contribution is 0.0646. The van der Waals surface area contributed by atoms with Crippen LogP contribution in [0.3, 0.4) is 0 Å². The smallest absolute Gasteiger partial charge is 0.0181 e. The summed E-state index contributed by atoms with van der Waals surface area (Å²) in [6.45, 7) is 6.32. The lowest BCUT2D eigenvalue weighted by Gasteiger charge is -2.44. The molecular weight excluding hydrogens is 198 g/mol. The van der Waals surface area contributed by atoms with Crippen LogP contribution in [0.1, 0.15) is 51.9 Å². The predicted molar refractivity (Wildman–Crippen MR) is 70.4 cm³/mol. The minimum Gasteiger partial charge on any atom is -0.330 e. The van der Waals surface area contributed by atoms with Crippen LogP contribution < -0.4 is 11.5 Å². The van der Waals surface area contributed by atoms with Gasteiger partial charge < -0.3 is 11.5 Å². The molecule has 0 aromatic rings. The van der Waals surface area contributed by atoms with Gasteiger partial charge in [-0.05, 0) is 58.8 Å². The zero-order valence-electron chi connectivity index (χ0n) is 10.9. The molecule has 0 unspecified atom stereocenters. The fraction of sp³-hybridized carbons (Fsp3) is 1.00. The molecule has 3 nitrogen and oxygen atoms in total. The Morgan fingerprint density at radius 2 is 1.44 bits per heavy atom. The maximum atomic E-state index is 5.63. The Bertz CT molecular complexity index is 168. The van der Waals surface area contributed by atoms with Crippen molar-refractivity contribution in [3.63, 3.8) is 0 Å². The summed E-state index contributed by atoms with van der Waals surface area (Å²) in [5, 5.41) is 0. The van der Waals surface area contributed by atoms with Crippen LogP contribution in [0.15, 0.2) is 0 Å². The molecule has 0 bridgehead atoms. The highest BCUT2D eigenvalue weighted by atomic mass is 15.2. The summed E-state index contributed by atoms with van der Waals surface area (Å²) in [5.41, 5.74) is 11.7. The van der Waals surface area contributed by atoms with Gasteiger partial charge in [-0.25, -0.2) is 0 Å². The minimum atomic E-state index is 0.419. The van der Waals surface area contributed by atoms with Crippen LogP contribution in [-0.2, 0) is 0 Å². The zero-order chi connectivity index (χ0) is 11.9. The van der Waals surface area contributed by atoms with Crippen molar-refractivity contribution < 1.29 is 0 Å². The summed E-state index contributed by atoms with van der Waals surface area (Å²) in [6.07, 6.45) is 9.11. The van der Waals surface area contributed by atoms with Crippen LogP contribution in [0.4, 0.5) is 0 Å². The largest absolute Gasteiger partial charge is 0.330 e. The van der Waals surface area contributed by atoms with Gasteiger partial charge in [-0.3, -0.25) is 4.90 Å². The first-order valence-corrected chi connectivity index (χ1v) is 6.88. The van der Waals surface area contributed by atoms with Crippen molar-refractivity contribution in [3.05, 3.63) is 0 Å². The van der Waals surface area contributed by atoms with Gasteiger partial charge in [-0.2, -0.15) is 0 Å². The van der Waals surface area contributed by atoms with Crippen LogP contribution >= 0.6 is 0 Å². The van der Waals surface area contributed by atoms with Crippen LogP contribution in [-0.4, -0.2) is 36.6 Å². The Kier molecular flexibility index (Phi) is 6.32. The standard InChI is InChI=1S/C13H29N3/c1-13(7-3-2-4-8-13)16(11-5-9-14)12-6-10-15/h2-12,14-15H2,1H3. The van der Waals surface area contributed by atoms with Gasteiger partial charge >= 0.3 is 0 Å². The molecule has 1 fully saturated rings. The first-order chi connectivity index (χ1) is 7.73. The van der Waals surface area contributed by atoms with E-state index in [4.69, 9.17) is 11.5 Å². The molecule has 0 heterocycles. The first-order valence-electron chi connectivity index (χ1n) is 6.88. The van der Waals surface area contributed by atoms with Crippen molar-refractivity contribution in [1.29, 1.82) is 0 Å². The van der Waals surface area contributed by atoms with Gasteiger partial charge in [-0.1, -0.05) is 19.3 Å². The summed E-state index contributed by atoms with van der Waals surface area (Å²) in [6, 6.07) is 0. The number of hydrogen-bond donors (Lipinski definition) is 2. The second-order valence-corrected chi connectivity index (χ2v) is 5.33. The van der Waals surface area contributed by atoms with Crippen molar-refractivity contribution in [2.24, 2.45) is 11.5 Å². The molecule has 0 aromatic carbocycles. The van der Waals surface area contributed by atoms with E-state index in [9.17, 15) is 0 Å². The van der Waals surface area contributed by atoms with Crippen LogP contribution in [0, 0.1) is 0 Å². The van der Waals surface area contributed by atoms with E-state index >= 15 is 0 Å². The molecule has 0 aromatic heterocycles. The molecule has 1 rings (SSSR count). The third kappa shape index (κ3) is 4.04. The fourth-order valence-electron chi connectivity index (χ4n) is 2.85. The average Bonchev–Trinajstić information content (AvgIpc) is 2.30. The summed E-state index contributed by atoms with van der Waals surface area (Å²) in [7, 11) is 0. The quantitative estimate of drug-likeness (QED) is 0.696. The minimum absolute atomic E-state index is 0.419. The van der Waals surface area contributed by atoms with Gasteiger partial charge in [0.05, 0.1) is 0 Å². The lowest BCUT2D eigenvalue weighted by Crippen LogP contribution is -2.49. The van der Waals surface area contributed by atoms with Gasteiger partial charge in [0.15, 0.2) is 0 Å². The van der Waals surface area contributed by atoms with Gasteiger partial charge in [-0.15, -0.1) is 0 Å². The van der Waals surface area contributed by atoms with Crippen molar-refractivity contribution >= 4 is 0 Å². The van der Waals surface area contributed by atoms with E-state index in [2.05, 4.69) is 11.8 Å². The van der Waals surface area contributed by atoms with Crippen molar-refractivity contribution in [3.8, 4) is 0 Å². The highest BCUT2D eigenvalue weighted by Gasteiger charge is 2.32. The second-order valence-electron chi connectivity index (χ2n) is 5.33. The van der Waals surface area contributed by atoms with E-state index in [-0.39, 0.29) is 0 Å². The summed E-state index contributed by atoms with van der Waals surface area (Å²) in [5.74, 6) is 0. The summed E-state index contributed by atoms with van der Waals surface area (Å²) in [4.78, 5) is 2.64. The van der Waals surface area contributed by atoms with Gasteiger partial charge in [0, 0.05) is 5.54 Å². The fourth-order valence-corrected chi connectivity index (χ4v) is 2.85. The molecule has 96 valence electrons. The molecule has 1 saturated carbocycles. The molecule has 1 aliphatic carbocycles. The molecule has 0 amide bonds. The highest BCUT2D eigenvalue weighted by molar-refractivity contribution is 4.89. The van der Waals surface area contributed by atoms with Gasteiger partial charge in [0.2, 0.25) is 0 Å². The molecular formula is C13H29N3. The number of hydrogen-bond acceptors (Lipinski definition) is 3. The number of rotatable bonds is 7. The van der Waals surface area contributed by atoms with E-state index in [1.807, 2.05) is 0 Å². The Balaban J connectivity index is 2.50. The average molecular weight is 227 g/mol. The first kappa shape index (κ1) is 13.9. The van der Waals surface area contributed by atoms with Crippen LogP contribution in [0.25, 0.3) is 0 Å². The highest BCUT2D eigenvalue weighted by Crippen LogP contribution is 2.33.